The van der Waals surface area contributed by atoms with Crippen LogP contribution in [0.4, 0.5) is 5.69 Å². The number of nitrogens with one attached hydrogen (secondary N) is 2. The Morgan fingerprint density at radius 2 is 2.00 bits per heavy atom. The van der Waals surface area contributed by atoms with Crippen LogP contribution in [0.25, 0.3) is 0 Å². The second-order valence-electron chi connectivity index (χ2n) is 5.98. The lowest BCUT2D eigenvalue weighted by atomic mass is 9.86. The van der Waals surface area contributed by atoms with Crippen LogP contribution in [0.5, 0.6) is 5.75 Å². The van der Waals surface area contributed by atoms with E-state index in [4.69, 9.17) is 21.4 Å². The van der Waals surface area contributed by atoms with Crippen LogP contribution in [0.3, 0.4) is 0 Å². The van der Waals surface area contributed by atoms with Crippen molar-refractivity contribution in [1.82, 2.24) is 5.32 Å². The number of halogens is 1. The van der Waals surface area contributed by atoms with E-state index in [0.29, 0.717) is 36.6 Å². The van der Waals surface area contributed by atoms with E-state index >= 15 is 0 Å². The number of aliphatic carboxylic acids is 1. The summed E-state index contributed by atoms with van der Waals surface area (Å²) in [6.07, 6.45) is 3.02. The molecule has 0 unspecified atom stereocenters. The number of amides is 1. The normalized spacial score (nSPS) is 20.2. The molecule has 0 bridgehead atoms. The smallest absolute Gasteiger partial charge is 0.306 e. The van der Waals surface area contributed by atoms with Crippen LogP contribution in [0.2, 0.25) is 5.02 Å². The minimum atomic E-state index is -0.737. The predicted octanol–water partition coefficient (Wildman–Crippen LogP) is 2.91. The van der Waals surface area contributed by atoms with Crippen molar-refractivity contribution in [3.05, 3.63) is 23.2 Å². The van der Waals surface area contributed by atoms with Gasteiger partial charge in [0.05, 0.1) is 18.7 Å². The Morgan fingerprint density at radius 1 is 1.29 bits per heavy atom. The molecule has 0 aliphatic heterocycles. The fourth-order valence-electron chi connectivity index (χ4n) is 2.91. The molecule has 7 heteroatoms. The first-order chi connectivity index (χ1) is 11.5. The second kappa shape index (κ2) is 8.78. The summed E-state index contributed by atoms with van der Waals surface area (Å²) in [6, 6.07) is 5.34. The Morgan fingerprint density at radius 3 is 2.62 bits per heavy atom. The van der Waals surface area contributed by atoms with Crippen molar-refractivity contribution >= 4 is 29.2 Å². The fourth-order valence-corrected chi connectivity index (χ4v) is 3.09. The lowest BCUT2D eigenvalue weighted by Gasteiger charge is -2.26. The molecule has 0 aromatic heterocycles. The van der Waals surface area contributed by atoms with Gasteiger partial charge in [-0.05, 0) is 43.9 Å². The molecule has 3 N–H and O–H groups in total. The second-order valence-corrected chi connectivity index (χ2v) is 6.41. The Hall–Kier alpha value is -1.95. The molecule has 0 spiro atoms. The minimum absolute atomic E-state index is 0.0396. The summed E-state index contributed by atoms with van der Waals surface area (Å²) in [4.78, 5) is 22.9. The summed E-state index contributed by atoms with van der Waals surface area (Å²) < 4.78 is 5.24. The molecule has 1 amide bonds. The monoisotopic (exact) mass is 354 g/mol. The van der Waals surface area contributed by atoms with Crippen LogP contribution in [-0.2, 0) is 9.59 Å². The summed E-state index contributed by atoms with van der Waals surface area (Å²) in [5.74, 6) is -0.372. The molecule has 132 valence electrons. The first-order valence-electron chi connectivity index (χ1n) is 8.09. The van der Waals surface area contributed by atoms with Gasteiger partial charge in [-0.25, -0.2) is 0 Å². The Labute approximate surface area is 146 Å². The van der Waals surface area contributed by atoms with Gasteiger partial charge in [-0.1, -0.05) is 11.6 Å². The number of methoxy groups -OCH3 is 1. The summed E-state index contributed by atoms with van der Waals surface area (Å²) in [5, 5.41) is 15.7. The zero-order valence-corrected chi connectivity index (χ0v) is 14.4. The third-order valence-corrected chi connectivity index (χ3v) is 4.51. The number of carboxylic acids is 1. The first-order valence-corrected chi connectivity index (χ1v) is 8.47. The van der Waals surface area contributed by atoms with Gasteiger partial charge in [0.1, 0.15) is 5.75 Å². The van der Waals surface area contributed by atoms with Gasteiger partial charge in [-0.15, -0.1) is 0 Å². The fraction of sp³-hybridized carbons (Fsp3) is 0.529. The number of carbonyl (C=O) groups excluding carboxylic acids is 1. The average Bonchev–Trinajstić information content (AvgIpc) is 2.55. The van der Waals surface area contributed by atoms with Gasteiger partial charge in [-0.2, -0.15) is 0 Å². The van der Waals surface area contributed by atoms with Gasteiger partial charge < -0.3 is 20.5 Å². The number of ether oxygens (including phenoxy) is 1. The molecular formula is C17H23ClN2O4. The number of benzene rings is 1. The van der Waals surface area contributed by atoms with Gasteiger partial charge in [0, 0.05) is 24.0 Å². The number of rotatable bonds is 7. The number of anilines is 1. The Balaban J connectivity index is 1.72. The third-order valence-electron chi connectivity index (χ3n) is 4.27. The maximum atomic E-state index is 12.0. The van der Waals surface area contributed by atoms with E-state index in [0.717, 1.165) is 18.5 Å². The maximum absolute atomic E-state index is 12.0. The van der Waals surface area contributed by atoms with E-state index in [-0.39, 0.29) is 17.9 Å². The van der Waals surface area contributed by atoms with Gasteiger partial charge in [0.15, 0.2) is 0 Å². The summed E-state index contributed by atoms with van der Waals surface area (Å²) in [5.41, 5.74) is 0.750. The molecular weight excluding hydrogens is 332 g/mol. The quantitative estimate of drug-likeness (QED) is 0.700. The van der Waals surface area contributed by atoms with Gasteiger partial charge in [0.2, 0.25) is 5.91 Å². The molecule has 24 heavy (non-hydrogen) atoms. The molecule has 1 saturated carbocycles. The predicted molar refractivity (Wildman–Crippen MR) is 92.6 cm³/mol. The van der Waals surface area contributed by atoms with Crippen LogP contribution < -0.4 is 15.4 Å². The zero-order chi connectivity index (χ0) is 17.5. The van der Waals surface area contributed by atoms with Crippen molar-refractivity contribution in [3.8, 4) is 5.75 Å². The highest BCUT2D eigenvalue weighted by molar-refractivity contribution is 6.30. The molecule has 1 aliphatic carbocycles. The molecule has 6 nitrogen and oxygen atoms in total. The molecule has 2 rings (SSSR count). The lowest BCUT2D eigenvalue weighted by molar-refractivity contribution is -0.142. The van der Waals surface area contributed by atoms with Crippen LogP contribution >= 0.6 is 11.6 Å². The molecule has 1 aromatic rings. The molecule has 1 aliphatic rings. The van der Waals surface area contributed by atoms with E-state index in [1.807, 2.05) is 0 Å². The minimum Gasteiger partial charge on any atom is -0.495 e. The topological polar surface area (TPSA) is 87.7 Å². The van der Waals surface area contributed by atoms with Gasteiger partial charge in [-0.3, -0.25) is 9.59 Å². The van der Waals surface area contributed by atoms with Crippen molar-refractivity contribution in [1.29, 1.82) is 0 Å². The average molecular weight is 355 g/mol. The number of carboxylic acid groups (broad SMARTS) is 1. The molecule has 0 radical (unpaired) electrons. The van der Waals surface area contributed by atoms with Crippen molar-refractivity contribution in [2.24, 2.45) is 5.92 Å². The maximum Gasteiger partial charge on any atom is 0.306 e. The highest BCUT2D eigenvalue weighted by atomic mass is 35.5. The number of hydrogen-bond donors (Lipinski definition) is 3. The number of hydrogen-bond acceptors (Lipinski definition) is 4. The summed E-state index contributed by atoms with van der Waals surface area (Å²) in [6.45, 7) is 0.465. The van der Waals surface area contributed by atoms with Crippen molar-refractivity contribution in [3.63, 3.8) is 0 Å². The molecule has 0 atom stereocenters. The van der Waals surface area contributed by atoms with Crippen LogP contribution in [0.15, 0.2) is 18.2 Å². The van der Waals surface area contributed by atoms with Crippen LogP contribution in [0, 0.1) is 5.92 Å². The first kappa shape index (κ1) is 18.4. The van der Waals surface area contributed by atoms with E-state index in [1.165, 1.54) is 0 Å². The molecule has 0 heterocycles. The highest BCUT2D eigenvalue weighted by Crippen LogP contribution is 2.27. The standard InChI is InChI=1S/C17H23ClN2O4/c1-24-15-7-4-12(18)10-14(15)19-9-8-16(21)20-13-5-2-11(3-6-13)17(22)23/h4,7,10-11,13,19H,2-3,5-6,8-9H2,1H3,(H,20,21)(H,22,23). The van der Waals surface area contributed by atoms with Gasteiger partial charge in [0.25, 0.3) is 0 Å². The summed E-state index contributed by atoms with van der Waals surface area (Å²) in [7, 11) is 1.58. The van der Waals surface area contributed by atoms with Crippen molar-refractivity contribution < 1.29 is 19.4 Å². The Bertz CT molecular complexity index is 586. The van der Waals surface area contributed by atoms with E-state index in [9.17, 15) is 9.59 Å². The highest BCUT2D eigenvalue weighted by Gasteiger charge is 2.26. The van der Waals surface area contributed by atoms with Crippen LogP contribution in [-0.4, -0.2) is 36.7 Å². The zero-order valence-electron chi connectivity index (χ0n) is 13.7. The largest absolute Gasteiger partial charge is 0.495 e. The van der Waals surface area contributed by atoms with Gasteiger partial charge >= 0.3 is 5.97 Å². The number of carbonyl (C=O) groups is 2. The SMILES string of the molecule is COc1ccc(Cl)cc1NCCC(=O)NC1CCC(C(=O)O)CC1. The molecule has 0 saturated heterocycles. The van der Waals surface area contributed by atoms with Crippen molar-refractivity contribution in [2.75, 3.05) is 19.0 Å². The summed E-state index contributed by atoms with van der Waals surface area (Å²) >= 11 is 5.96. The van der Waals surface area contributed by atoms with E-state index in [2.05, 4.69) is 10.6 Å². The van der Waals surface area contributed by atoms with E-state index in [1.54, 1.807) is 25.3 Å². The van der Waals surface area contributed by atoms with Crippen molar-refractivity contribution in [2.45, 2.75) is 38.1 Å². The Kier molecular flexibility index (Phi) is 6.73. The lowest BCUT2D eigenvalue weighted by Crippen LogP contribution is -2.39. The molecule has 1 fully saturated rings. The van der Waals surface area contributed by atoms with E-state index < -0.39 is 5.97 Å². The molecule has 1 aromatic carbocycles. The third kappa shape index (κ3) is 5.30. The van der Waals surface area contributed by atoms with Crippen LogP contribution in [0.1, 0.15) is 32.1 Å².